The molecule has 0 bridgehead atoms. The van der Waals surface area contributed by atoms with Gasteiger partial charge in [-0.25, -0.2) is 8.78 Å². The molecule has 7 heteroatoms. The number of benzene rings is 2. The summed E-state index contributed by atoms with van der Waals surface area (Å²) >= 11 is 0. The predicted molar refractivity (Wildman–Crippen MR) is 88.1 cm³/mol. The number of hydrogen-bond donors (Lipinski definition) is 2. The smallest absolute Gasteiger partial charge is 0.249 e. The zero-order valence-corrected chi connectivity index (χ0v) is 12.7. The van der Waals surface area contributed by atoms with Gasteiger partial charge in [0.1, 0.15) is 17.3 Å². The summed E-state index contributed by atoms with van der Waals surface area (Å²) in [4.78, 5) is 4.15. The van der Waals surface area contributed by atoms with Gasteiger partial charge in [-0.2, -0.15) is 10.1 Å². The lowest BCUT2D eigenvalue weighted by molar-refractivity contribution is 0.590. The fraction of sp³-hybridized carbons (Fsp3) is 0.118. The van der Waals surface area contributed by atoms with Crippen LogP contribution in [0.1, 0.15) is 5.56 Å². The zero-order chi connectivity index (χ0) is 16.8. The first kappa shape index (κ1) is 15.8. The number of nitrogens with one attached hydrogen (secondary N) is 2. The SMILES string of the molecule is Fc1cccc(F)c1Nc1nncc(NCCc2ccccc2)n1. The van der Waals surface area contributed by atoms with Crippen LogP contribution in [0.4, 0.5) is 26.2 Å². The van der Waals surface area contributed by atoms with Crippen molar-refractivity contribution < 1.29 is 8.78 Å². The largest absolute Gasteiger partial charge is 0.368 e. The van der Waals surface area contributed by atoms with E-state index in [9.17, 15) is 8.78 Å². The van der Waals surface area contributed by atoms with Gasteiger partial charge < -0.3 is 10.6 Å². The van der Waals surface area contributed by atoms with Gasteiger partial charge in [0.05, 0.1) is 6.20 Å². The summed E-state index contributed by atoms with van der Waals surface area (Å²) in [6, 6.07) is 13.6. The number of halogens is 2. The minimum atomic E-state index is -0.721. The second kappa shape index (κ2) is 7.45. The summed E-state index contributed by atoms with van der Waals surface area (Å²) in [6.45, 7) is 0.649. The third-order valence-electron chi connectivity index (χ3n) is 3.32. The molecule has 0 aliphatic carbocycles. The molecule has 5 nitrogen and oxygen atoms in total. The first-order valence-corrected chi connectivity index (χ1v) is 7.41. The molecule has 2 N–H and O–H groups in total. The predicted octanol–water partition coefficient (Wildman–Crippen LogP) is 3.55. The quantitative estimate of drug-likeness (QED) is 0.725. The molecule has 0 aliphatic rings. The molecule has 3 rings (SSSR count). The van der Waals surface area contributed by atoms with Gasteiger partial charge in [0.2, 0.25) is 5.95 Å². The molecular weight excluding hydrogens is 312 g/mol. The van der Waals surface area contributed by atoms with Crippen LogP contribution in [0.3, 0.4) is 0 Å². The van der Waals surface area contributed by atoms with E-state index >= 15 is 0 Å². The molecule has 0 aliphatic heterocycles. The van der Waals surface area contributed by atoms with Crippen molar-refractivity contribution in [3.05, 3.63) is 71.9 Å². The Labute approximate surface area is 137 Å². The lowest BCUT2D eigenvalue weighted by Crippen LogP contribution is -2.09. The molecule has 0 radical (unpaired) electrons. The second-order valence-electron chi connectivity index (χ2n) is 5.05. The van der Waals surface area contributed by atoms with Crippen LogP contribution in [-0.2, 0) is 6.42 Å². The molecule has 0 spiro atoms. The van der Waals surface area contributed by atoms with Crippen molar-refractivity contribution in [3.8, 4) is 0 Å². The van der Waals surface area contributed by atoms with Crippen LogP contribution in [0.15, 0.2) is 54.7 Å². The number of hydrogen-bond acceptors (Lipinski definition) is 5. The van der Waals surface area contributed by atoms with Crippen molar-refractivity contribution in [1.82, 2.24) is 15.2 Å². The Bertz CT molecular complexity index is 791. The normalized spacial score (nSPS) is 10.4. The Morgan fingerprint density at radius 2 is 1.67 bits per heavy atom. The van der Waals surface area contributed by atoms with Crippen LogP contribution in [0.25, 0.3) is 0 Å². The van der Waals surface area contributed by atoms with Crippen molar-refractivity contribution in [2.24, 2.45) is 0 Å². The number of nitrogens with zero attached hydrogens (tertiary/aromatic N) is 3. The summed E-state index contributed by atoms with van der Waals surface area (Å²) < 4.78 is 27.3. The van der Waals surface area contributed by atoms with Crippen LogP contribution in [0, 0.1) is 11.6 Å². The van der Waals surface area contributed by atoms with Crippen molar-refractivity contribution in [3.63, 3.8) is 0 Å². The first-order valence-electron chi connectivity index (χ1n) is 7.41. The lowest BCUT2D eigenvalue weighted by Gasteiger charge is -2.09. The fourth-order valence-electron chi connectivity index (χ4n) is 2.15. The minimum Gasteiger partial charge on any atom is -0.368 e. The maximum absolute atomic E-state index is 13.6. The van der Waals surface area contributed by atoms with Gasteiger partial charge in [0.25, 0.3) is 0 Å². The highest BCUT2D eigenvalue weighted by Crippen LogP contribution is 2.21. The van der Waals surface area contributed by atoms with Crippen molar-refractivity contribution >= 4 is 17.5 Å². The highest BCUT2D eigenvalue weighted by atomic mass is 19.1. The van der Waals surface area contributed by atoms with Crippen LogP contribution in [-0.4, -0.2) is 21.7 Å². The van der Waals surface area contributed by atoms with E-state index in [1.54, 1.807) is 0 Å². The van der Waals surface area contributed by atoms with E-state index in [-0.39, 0.29) is 11.6 Å². The van der Waals surface area contributed by atoms with Gasteiger partial charge >= 0.3 is 0 Å². The summed E-state index contributed by atoms with van der Waals surface area (Å²) in [5, 5.41) is 13.1. The van der Waals surface area contributed by atoms with Crippen LogP contribution >= 0.6 is 0 Å². The van der Waals surface area contributed by atoms with E-state index in [1.807, 2.05) is 30.3 Å². The van der Waals surface area contributed by atoms with Gasteiger partial charge in [-0.1, -0.05) is 36.4 Å². The molecule has 122 valence electrons. The standard InChI is InChI=1S/C17H15F2N5/c18-13-7-4-8-14(19)16(13)23-17-22-15(11-21-24-17)20-10-9-12-5-2-1-3-6-12/h1-8,11H,9-10H2,(H2,20,22,23,24). The molecule has 0 atom stereocenters. The second-order valence-corrected chi connectivity index (χ2v) is 5.05. The van der Waals surface area contributed by atoms with Crippen LogP contribution in [0.5, 0.6) is 0 Å². The summed E-state index contributed by atoms with van der Waals surface area (Å²) in [5.74, 6) is -0.953. The molecule has 0 saturated carbocycles. The van der Waals surface area contributed by atoms with E-state index in [4.69, 9.17) is 0 Å². The zero-order valence-electron chi connectivity index (χ0n) is 12.7. The molecule has 0 unspecified atom stereocenters. The summed E-state index contributed by atoms with van der Waals surface area (Å²) in [6.07, 6.45) is 2.27. The summed E-state index contributed by atoms with van der Waals surface area (Å²) in [5.41, 5.74) is 0.888. The molecule has 0 saturated heterocycles. The number of aromatic nitrogens is 3. The average Bonchev–Trinajstić information content (AvgIpc) is 2.60. The Balaban J connectivity index is 1.64. The molecule has 0 amide bonds. The first-order chi connectivity index (χ1) is 11.7. The van der Waals surface area contributed by atoms with Crippen LogP contribution < -0.4 is 10.6 Å². The molecule has 2 aromatic carbocycles. The Morgan fingerprint density at radius 1 is 0.917 bits per heavy atom. The van der Waals surface area contributed by atoms with Gasteiger partial charge in [0, 0.05) is 6.54 Å². The maximum atomic E-state index is 13.6. The lowest BCUT2D eigenvalue weighted by atomic mass is 10.1. The molecular formula is C17H15F2N5. The number of anilines is 3. The van der Waals surface area contributed by atoms with Gasteiger partial charge in [0.15, 0.2) is 5.82 Å². The molecule has 3 aromatic rings. The number of para-hydroxylation sites is 1. The minimum absolute atomic E-state index is 0.0173. The van der Waals surface area contributed by atoms with Gasteiger partial charge in [-0.15, -0.1) is 5.10 Å². The molecule has 0 fully saturated rings. The maximum Gasteiger partial charge on any atom is 0.249 e. The summed E-state index contributed by atoms with van der Waals surface area (Å²) in [7, 11) is 0. The van der Waals surface area contributed by atoms with E-state index < -0.39 is 11.6 Å². The Kier molecular flexibility index (Phi) is 4.90. The van der Waals surface area contributed by atoms with Gasteiger partial charge in [-0.3, -0.25) is 0 Å². The third kappa shape index (κ3) is 4.01. The van der Waals surface area contributed by atoms with Crippen molar-refractivity contribution in [2.45, 2.75) is 6.42 Å². The Morgan fingerprint density at radius 3 is 2.42 bits per heavy atom. The topological polar surface area (TPSA) is 62.7 Å². The van der Waals surface area contributed by atoms with Crippen LogP contribution in [0.2, 0.25) is 0 Å². The molecule has 1 heterocycles. The van der Waals surface area contributed by atoms with E-state index in [2.05, 4.69) is 25.8 Å². The monoisotopic (exact) mass is 327 g/mol. The molecule has 24 heavy (non-hydrogen) atoms. The molecule has 1 aromatic heterocycles. The highest BCUT2D eigenvalue weighted by molar-refractivity contribution is 5.55. The van der Waals surface area contributed by atoms with E-state index in [0.717, 1.165) is 18.6 Å². The average molecular weight is 327 g/mol. The van der Waals surface area contributed by atoms with Crippen molar-refractivity contribution in [1.29, 1.82) is 0 Å². The van der Waals surface area contributed by atoms with E-state index in [0.29, 0.717) is 12.4 Å². The van der Waals surface area contributed by atoms with Crippen molar-refractivity contribution in [2.75, 3.05) is 17.2 Å². The number of rotatable bonds is 6. The van der Waals surface area contributed by atoms with E-state index in [1.165, 1.54) is 17.8 Å². The third-order valence-corrected chi connectivity index (χ3v) is 3.32. The fourth-order valence-corrected chi connectivity index (χ4v) is 2.15. The van der Waals surface area contributed by atoms with Gasteiger partial charge in [-0.05, 0) is 24.1 Å². The Hall–Kier alpha value is -3.09. The highest BCUT2D eigenvalue weighted by Gasteiger charge is 2.10.